The van der Waals surface area contributed by atoms with E-state index in [0.717, 1.165) is 32.9 Å². The number of imidazole rings is 1. The van der Waals surface area contributed by atoms with Crippen molar-refractivity contribution in [1.29, 1.82) is 0 Å². The monoisotopic (exact) mass is 403 g/mol. The van der Waals surface area contributed by atoms with Gasteiger partial charge >= 0.3 is 0 Å². The van der Waals surface area contributed by atoms with Crippen molar-refractivity contribution in [2.24, 2.45) is 0 Å². The van der Waals surface area contributed by atoms with E-state index < -0.39 is 0 Å². The number of nitrogens with zero attached hydrogens (tertiary/aromatic N) is 2. The molecule has 0 saturated carbocycles. The molecule has 0 fully saturated rings. The van der Waals surface area contributed by atoms with Crippen molar-refractivity contribution in [2.45, 2.75) is 6.54 Å². The molecule has 0 aliphatic carbocycles. The predicted molar refractivity (Wildman–Crippen MR) is 85.8 cm³/mol. The molecule has 0 amide bonds. The Hall–Kier alpha value is -1.05. The molecule has 0 spiro atoms. The van der Waals surface area contributed by atoms with Crippen LogP contribution < -0.4 is 10.1 Å². The van der Waals surface area contributed by atoms with Crippen molar-refractivity contribution in [1.82, 2.24) is 9.55 Å². The minimum Gasteiger partial charge on any atom is -0.495 e. The van der Waals surface area contributed by atoms with Crippen LogP contribution in [0.5, 0.6) is 5.75 Å². The highest BCUT2D eigenvalue weighted by atomic mass is 79.9. The number of anilines is 2. The van der Waals surface area contributed by atoms with E-state index in [1.807, 2.05) is 22.9 Å². The third-order valence-corrected chi connectivity index (χ3v) is 4.02. The Morgan fingerprint density at radius 3 is 2.75 bits per heavy atom. The van der Waals surface area contributed by atoms with Crippen LogP contribution in [0.2, 0.25) is 0 Å². The maximum absolute atomic E-state index is 5.30. The number of nitrogens with one attached hydrogen (secondary N) is 1. The van der Waals surface area contributed by atoms with Gasteiger partial charge in [-0.3, -0.25) is 0 Å². The standard InChI is InChI=1S/C13H15Br2N3O2/c1-19-6-5-18-4-3-16-13(18)17-11-8-12(20-2)10(15)7-9(11)14/h3-4,7-8H,5-6H2,1-2H3,(H,16,17). The Morgan fingerprint density at radius 2 is 2.05 bits per heavy atom. The van der Waals surface area contributed by atoms with Gasteiger partial charge < -0.3 is 19.4 Å². The average Bonchev–Trinajstić information content (AvgIpc) is 2.86. The minimum atomic E-state index is 0.635. The summed E-state index contributed by atoms with van der Waals surface area (Å²) in [7, 11) is 3.32. The van der Waals surface area contributed by atoms with Crippen molar-refractivity contribution in [3.63, 3.8) is 0 Å². The summed E-state index contributed by atoms with van der Waals surface area (Å²) < 4.78 is 14.2. The lowest BCUT2D eigenvalue weighted by molar-refractivity contribution is 0.188. The van der Waals surface area contributed by atoms with Crippen molar-refractivity contribution in [3.05, 3.63) is 33.5 Å². The molecule has 0 aliphatic rings. The topological polar surface area (TPSA) is 48.3 Å². The highest BCUT2D eigenvalue weighted by Gasteiger charge is 2.10. The molecular weight excluding hydrogens is 390 g/mol. The van der Waals surface area contributed by atoms with Crippen molar-refractivity contribution in [2.75, 3.05) is 26.1 Å². The van der Waals surface area contributed by atoms with Crippen molar-refractivity contribution < 1.29 is 9.47 Å². The second kappa shape index (κ2) is 7.10. The predicted octanol–water partition coefficient (Wildman–Crippen LogP) is 3.81. The quantitative estimate of drug-likeness (QED) is 0.795. The molecule has 0 radical (unpaired) electrons. The first-order valence-corrected chi connectivity index (χ1v) is 7.54. The lowest BCUT2D eigenvalue weighted by Gasteiger charge is -2.13. The average molecular weight is 405 g/mol. The number of benzene rings is 1. The number of methoxy groups -OCH3 is 2. The second-order valence-corrected chi connectivity index (χ2v) is 5.74. The lowest BCUT2D eigenvalue weighted by Crippen LogP contribution is -2.07. The molecular formula is C13H15Br2N3O2. The highest BCUT2D eigenvalue weighted by Crippen LogP contribution is 2.35. The molecule has 0 bridgehead atoms. The third kappa shape index (κ3) is 3.53. The van der Waals surface area contributed by atoms with Gasteiger partial charge in [-0.15, -0.1) is 0 Å². The molecule has 0 unspecified atom stereocenters. The molecule has 1 aromatic heterocycles. The number of hydrogen-bond donors (Lipinski definition) is 1. The summed E-state index contributed by atoms with van der Waals surface area (Å²) in [5, 5.41) is 3.28. The van der Waals surface area contributed by atoms with Crippen molar-refractivity contribution >= 4 is 43.5 Å². The van der Waals surface area contributed by atoms with Crippen LogP contribution in [0.1, 0.15) is 0 Å². The zero-order valence-electron chi connectivity index (χ0n) is 11.2. The zero-order chi connectivity index (χ0) is 14.5. The van der Waals surface area contributed by atoms with Gasteiger partial charge in [-0.25, -0.2) is 4.98 Å². The molecule has 0 aliphatic heterocycles. The van der Waals surface area contributed by atoms with E-state index >= 15 is 0 Å². The van der Waals surface area contributed by atoms with Crippen LogP contribution in [0.4, 0.5) is 11.6 Å². The Morgan fingerprint density at radius 1 is 1.25 bits per heavy atom. The Balaban J connectivity index is 2.23. The van der Waals surface area contributed by atoms with Gasteiger partial charge in [0.05, 0.1) is 23.9 Å². The number of hydrogen-bond acceptors (Lipinski definition) is 4. The van der Waals surface area contributed by atoms with E-state index in [2.05, 4.69) is 42.2 Å². The second-order valence-electron chi connectivity index (χ2n) is 4.03. The largest absolute Gasteiger partial charge is 0.495 e. The number of halogens is 2. The first-order valence-electron chi connectivity index (χ1n) is 5.96. The molecule has 1 aromatic carbocycles. The molecule has 0 saturated heterocycles. The Labute approximate surface area is 134 Å². The SMILES string of the molecule is COCCn1ccnc1Nc1cc(OC)c(Br)cc1Br. The van der Waals surface area contributed by atoms with Gasteiger partial charge in [-0.05, 0) is 37.9 Å². The Bertz CT molecular complexity index is 587. The van der Waals surface area contributed by atoms with Crippen LogP contribution in [-0.2, 0) is 11.3 Å². The maximum Gasteiger partial charge on any atom is 0.207 e. The van der Waals surface area contributed by atoms with Gasteiger partial charge in [0.1, 0.15) is 5.75 Å². The summed E-state index contributed by atoms with van der Waals surface area (Å²) in [4.78, 5) is 4.31. The molecule has 2 aromatic rings. The van der Waals surface area contributed by atoms with Gasteiger partial charge in [0.2, 0.25) is 5.95 Å². The molecule has 5 nitrogen and oxygen atoms in total. The van der Waals surface area contributed by atoms with Crippen LogP contribution in [0.3, 0.4) is 0 Å². The van der Waals surface area contributed by atoms with E-state index in [1.165, 1.54) is 0 Å². The van der Waals surface area contributed by atoms with Crippen molar-refractivity contribution in [3.8, 4) is 5.75 Å². The van der Waals surface area contributed by atoms with Gasteiger partial charge in [0, 0.05) is 36.6 Å². The van der Waals surface area contributed by atoms with Gasteiger partial charge in [0.25, 0.3) is 0 Å². The number of rotatable bonds is 6. The summed E-state index contributed by atoms with van der Waals surface area (Å²) >= 11 is 6.97. The van der Waals surface area contributed by atoms with Crippen LogP contribution >= 0.6 is 31.9 Å². The normalized spacial score (nSPS) is 10.6. The number of aromatic nitrogens is 2. The molecule has 1 heterocycles. The molecule has 20 heavy (non-hydrogen) atoms. The van der Waals surface area contributed by atoms with E-state index in [4.69, 9.17) is 9.47 Å². The fourth-order valence-electron chi connectivity index (χ4n) is 1.71. The molecule has 0 atom stereocenters. The number of ether oxygens (including phenoxy) is 2. The van der Waals surface area contributed by atoms with E-state index in [9.17, 15) is 0 Å². The summed E-state index contributed by atoms with van der Waals surface area (Å²) in [6.07, 6.45) is 3.66. The van der Waals surface area contributed by atoms with Gasteiger partial charge in [-0.1, -0.05) is 0 Å². The molecule has 2 rings (SSSR count). The van der Waals surface area contributed by atoms with Crippen LogP contribution in [0.15, 0.2) is 33.5 Å². The van der Waals surface area contributed by atoms with Gasteiger partial charge in [-0.2, -0.15) is 0 Å². The maximum atomic E-state index is 5.30. The summed E-state index contributed by atoms with van der Waals surface area (Å²) in [5.74, 6) is 1.51. The zero-order valence-corrected chi connectivity index (χ0v) is 14.4. The smallest absolute Gasteiger partial charge is 0.207 e. The van der Waals surface area contributed by atoms with Crippen LogP contribution in [0.25, 0.3) is 0 Å². The van der Waals surface area contributed by atoms with Crippen LogP contribution in [-0.4, -0.2) is 30.4 Å². The molecule has 1 N–H and O–H groups in total. The van der Waals surface area contributed by atoms with Crippen LogP contribution in [0, 0.1) is 0 Å². The fourth-order valence-corrected chi connectivity index (χ4v) is 2.96. The Kier molecular flexibility index (Phi) is 5.45. The summed E-state index contributed by atoms with van der Waals surface area (Å²) in [6.45, 7) is 1.37. The first-order chi connectivity index (χ1) is 9.65. The van der Waals surface area contributed by atoms with E-state index in [0.29, 0.717) is 6.61 Å². The van der Waals surface area contributed by atoms with E-state index in [1.54, 1.807) is 20.4 Å². The third-order valence-electron chi connectivity index (χ3n) is 2.74. The summed E-state index contributed by atoms with van der Waals surface area (Å²) in [5.41, 5.74) is 0.884. The molecule has 7 heteroatoms. The minimum absolute atomic E-state index is 0.635. The first kappa shape index (κ1) is 15.3. The van der Waals surface area contributed by atoms with Gasteiger partial charge in [0.15, 0.2) is 0 Å². The lowest BCUT2D eigenvalue weighted by atomic mass is 10.3. The summed E-state index contributed by atoms with van der Waals surface area (Å²) in [6, 6.07) is 3.84. The molecule has 108 valence electrons. The van der Waals surface area contributed by atoms with E-state index in [-0.39, 0.29) is 0 Å². The fraction of sp³-hybridized carbons (Fsp3) is 0.308. The highest BCUT2D eigenvalue weighted by molar-refractivity contribution is 9.11.